The number of hydrogen-bond donors (Lipinski definition) is 0. The summed E-state index contributed by atoms with van der Waals surface area (Å²) in [5.41, 5.74) is 0. The van der Waals surface area contributed by atoms with Crippen LogP contribution in [-0.2, 0) is 0 Å². The van der Waals surface area contributed by atoms with E-state index < -0.39 is 0 Å². The van der Waals surface area contributed by atoms with E-state index in [0.717, 1.165) is 0 Å². The Bertz CT molecular complexity index is 88.2. The largest absolute Gasteiger partial charge is 0.115 e. The van der Waals surface area contributed by atoms with Gasteiger partial charge in [0, 0.05) is 0 Å². The molecule has 0 aliphatic heterocycles. The fraction of sp³-hybridized carbons (Fsp3) is 0.500. The molecule has 0 atom stereocenters. The maximum atomic E-state index is 5.61. The van der Waals surface area contributed by atoms with Crippen molar-refractivity contribution in [1.82, 2.24) is 0 Å². The van der Waals surface area contributed by atoms with Gasteiger partial charge in [-0.25, -0.2) is 0 Å². The van der Waals surface area contributed by atoms with Gasteiger partial charge < -0.3 is 0 Å². The molecule has 0 saturated heterocycles. The van der Waals surface area contributed by atoms with Crippen molar-refractivity contribution in [2.45, 2.75) is 0 Å². The van der Waals surface area contributed by atoms with Crippen molar-refractivity contribution < 1.29 is 0 Å². The molecule has 0 unspecified atom stereocenters. The lowest BCUT2D eigenvalue weighted by Gasteiger charge is -1.92. The van der Waals surface area contributed by atoms with Gasteiger partial charge in [-0.3, -0.25) is 0 Å². The SMILES string of the molecule is CSC(Cl)=C(Cl)SC. The van der Waals surface area contributed by atoms with Crippen LogP contribution in [0, 0.1) is 0 Å². The van der Waals surface area contributed by atoms with Gasteiger partial charge in [-0.1, -0.05) is 23.2 Å². The van der Waals surface area contributed by atoms with Crippen molar-refractivity contribution in [2.24, 2.45) is 0 Å². The average Bonchev–Trinajstić information content (AvgIpc) is 1.84. The van der Waals surface area contributed by atoms with E-state index in [4.69, 9.17) is 23.2 Å². The van der Waals surface area contributed by atoms with Crippen molar-refractivity contribution in [3.63, 3.8) is 0 Å². The summed E-state index contributed by atoms with van der Waals surface area (Å²) in [7, 11) is 0. The molecule has 0 aromatic rings. The molecule has 0 N–H and O–H groups in total. The number of rotatable bonds is 2. The summed E-state index contributed by atoms with van der Waals surface area (Å²) in [4.78, 5) is 0. The van der Waals surface area contributed by atoms with Gasteiger partial charge in [-0.15, -0.1) is 23.5 Å². The van der Waals surface area contributed by atoms with E-state index in [9.17, 15) is 0 Å². The second-order valence-corrected chi connectivity index (χ2v) is 3.79. The van der Waals surface area contributed by atoms with E-state index in [1.807, 2.05) is 12.5 Å². The van der Waals surface area contributed by atoms with Crippen molar-refractivity contribution in [3.05, 3.63) is 8.73 Å². The highest BCUT2D eigenvalue weighted by Crippen LogP contribution is 2.30. The zero-order valence-electron chi connectivity index (χ0n) is 4.57. The topological polar surface area (TPSA) is 0 Å². The lowest BCUT2D eigenvalue weighted by atomic mass is 11.2. The number of hydrogen-bond acceptors (Lipinski definition) is 2. The molecule has 0 bridgehead atoms. The molecule has 48 valence electrons. The van der Waals surface area contributed by atoms with Crippen LogP contribution in [0.5, 0.6) is 0 Å². The van der Waals surface area contributed by atoms with Crippen LogP contribution in [-0.4, -0.2) is 12.5 Å². The summed E-state index contributed by atoms with van der Waals surface area (Å²) in [6.45, 7) is 0. The molecular formula is C4H6Cl2S2. The van der Waals surface area contributed by atoms with Crippen molar-refractivity contribution in [1.29, 1.82) is 0 Å². The third-order valence-corrected chi connectivity index (χ3v) is 3.39. The lowest BCUT2D eigenvalue weighted by molar-refractivity contribution is 2.24. The minimum atomic E-state index is 0.666. The summed E-state index contributed by atoms with van der Waals surface area (Å²) >= 11 is 14.1. The van der Waals surface area contributed by atoms with Gasteiger partial charge in [0.05, 0.1) is 8.73 Å². The molecule has 0 fully saturated rings. The molecular weight excluding hydrogens is 183 g/mol. The summed E-state index contributed by atoms with van der Waals surface area (Å²) in [5.74, 6) is 0. The molecule has 0 aromatic carbocycles. The van der Waals surface area contributed by atoms with Crippen LogP contribution in [0.2, 0.25) is 0 Å². The van der Waals surface area contributed by atoms with E-state index >= 15 is 0 Å². The highest BCUT2D eigenvalue weighted by molar-refractivity contribution is 8.08. The Labute approximate surface area is 68.0 Å². The lowest BCUT2D eigenvalue weighted by Crippen LogP contribution is -1.62. The molecule has 0 amide bonds. The molecule has 0 heterocycles. The van der Waals surface area contributed by atoms with Gasteiger partial charge in [-0.05, 0) is 12.5 Å². The first kappa shape index (κ1) is 9.02. The molecule has 0 aromatic heterocycles. The summed E-state index contributed by atoms with van der Waals surface area (Å²) in [6, 6.07) is 0. The standard InChI is InChI=1S/C4H6Cl2S2/c1-7-3(5)4(6)8-2/h1-2H3. The summed E-state index contributed by atoms with van der Waals surface area (Å²) in [6.07, 6.45) is 3.78. The van der Waals surface area contributed by atoms with E-state index in [2.05, 4.69) is 0 Å². The van der Waals surface area contributed by atoms with Crippen LogP contribution < -0.4 is 0 Å². The van der Waals surface area contributed by atoms with E-state index in [-0.39, 0.29) is 0 Å². The Balaban J connectivity index is 3.83. The Morgan fingerprint density at radius 2 is 1.25 bits per heavy atom. The minimum absolute atomic E-state index is 0.666. The Kier molecular flexibility index (Phi) is 5.48. The first-order valence-corrected chi connectivity index (χ1v) is 5.06. The molecule has 0 nitrogen and oxygen atoms in total. The summed E-state index contributed by atoms with van der Waals surface area (Å²) < 4.78 is 1.33. The zero-order valence-corrected chi connectivity index (χ0v) is 7.72. The van der Waals surface area contributed by atoms with Gasteiger partial charge in [0.1, 0.15) is 0 Å². The number of thioether (sulfide) groups is 2. The predicted octanol–water partition coefficient (Wildman–Crippen LogP) is 3.32. The van der Waals surface area contributed by atoms with Crippen molar-refractivity contribution in [2.75, 3.05) is 12.5 Å². The maximum absolute atomic E-state index is 5.61. The third kappa shape index (κ3) is 3.13. The van der Waals surface area contributed by atoms with Gasteiger partial charge in [0.15, 0.2) is 0 Å². The molecule has 0 spiro atoms. The molecule has 0 saturated carbocycles. The van der Waals surface area contributed by atoms with Crippen LogP contribution in [0.25, 0.3) is 0 Å². The van der Waals surface area contributed by atoms with E-state index in [0.29, 0.717) is 8.73 Å². The maximum Gasteiger partial charge on any atom is 0.0983 e. The second kappa shape index (κ2) is 4.86. The quantitative estimate of drug-likeness (QED) is 0.653. The fourth-order valence-electron chi connectivity index (χ4n) is 0.160. The second-order valence-electron chi connectivity index (χ2n) is 0.956. The van der Waals surface area contributed by atoms with Gasteiger partial charge in [-0.2, -0.15) is 0 Å². The predicted molar refractivity (Wildman–Crippen MR) is 45.8 cm³/mol. The smallest absolute Gasteiger partial charge is 0.0983 e. The molecule has 0 rings (SSSR count). The number of halogens is 2. The van der Waals surface area contributed by atoms with Gasteiger partial charge >= 0.3 is 0 Å². The van der Waals surface area contributed by atoms with E-state index in [1.165, 1.54) is 23.5 Å². The van der Waals surface area contributed by atoms with Gasteiger partial charge in [0.2, 0.25) is 0 Å². The third-order valence-electron chi connectivity index (χ3n) is 0.513. The molecule has 0 aliphatic carbocycles. The summed E-state index contributed by atoms with van der Waals surface area (Å²) in [5, 5.41) is 0. The van der Waals surface area contributed by atoms with E-state index in [1.54, 1.807) is 0 Å². The van der Waals surface area contributed by atoms with Crippen LogP contribution in [0.4, 0.5) is 0 Å². The highest BCUT2D eigenvalue weighted by Gasteiger charge is 1.95. The van der Waals surface area contributed by atoms with Crippen molar-refractivity contribution in [3.8, 4) is 0 Å². The van der Waals surface area contributed by atoms with Crippen molar-refractivity contribution >= 4 is 46.7 Å². The highest BCUT2D eigenvalue weighted by atomic mass is 35.5. The normalized spacial score (nSPS) is 13.5. The first-order valence-electron chi connectivity index (χ1n) is 1.85. The monoisotopic (exact) mass is 188 g/mol. The first-order chi connectivity index (χ1) is 3.72. The molecule has 8 heavy (non-hydrogen) atoms. The molecule has 4 heteroatoms. The molecule has 0 aliphatic rings. The Hall–Kier alpha value is 1.02. The van der Waals surface area contributed by atoms with Crippen LogP contribution >= 0.6 is 46.7 Å². The minimum Gasteiger partial charge on any atom is -0.115 e. The van der Waals surface area contributed by atoms with Crippen LogP contribution in [0.15, 0.2) is 8.73 Å². The van der Waals surface area contributed by atoms with Crippen LogP contribution in [0.3, 0.4) is 0 Å². The average molecular weight is 189 g/mol. The zero-order chi connectivity index (χ0) is 6.57. The van der Waals surface area contributed by atoms with Crippen LogP contribution in [0.1, 0.15) is 0 Å². The Morgan fingerprint density at radius 1 is 1.00 bits per heavy atom. The van der Waals surface area contributed by atoms with Gasteiger partial charge in [0.25, 0.3) is 0 Å². The fourth-order valence-corrected chi connectivity index (χ4v) is 1.44. The Morgan fingerprint density at radius 3 is 1.38 bits per heavy atom. The molecule has 0 radical (unpaired) electrons.